The largest absolute Gasteiger partial charge is 0.361 e. The Hall–Kier alpha value is -3.19. The fourth-order valence-corrected chi connectivity index (χ4v) is 5.75. The van der Waals surface area contributed by atoms with Gasteiger partial charge in [-0.05, 0) is 36.6 Å². The van der Waals surface area contributed by atoms with Gasteiger partial charge in [-0.2, -0.15) is 0 Å². The molecule has 2 aromatic carbocycles. The first kappa shape index (κ1) is 18.6. The topological polar surface area (TPSA) is 62.6 Å². The van der Waals surface area contributed by atoms with Gasteiger partial charge in [0, 0.05) is 49.6 Å². The van der Waals surface area contributed by atoms with E-state index in [1.54, 1.807) is 0 Å². The summed E-state index contributed by atoms with van der Waals surface area (Å²) in [6, 6.07) is 16.8. The predicted octanol–water partition coefficient (Wildman–Crippen LogP) is 4.88. The van der Waals surface area contributed by atoms with Crippen molar-refractivity contribution >= 4 is 38.4 Å². The lowest BCUT2D eigenvalue weighted by atomic mass is 9.99. The number of H-pyrrole nitrogens is 1. The van der Waals surface area contributed by atoms with Crippen LogP contribution in [-0.2, 0) is 13.5 Å². The van der Waals surface area contributed by atoms with Crippen LogP contribution in [0.25, 0.3) is 21.1 Å². The van der Waals surface area contributed by atoms with Crippen LogP contribution in [0.5, 0.6) is 0 Å². The maximum absolute atomic E-state index is 4.92. The number of para-hydroxylation sites is 2. The highest BCUT2D eigenvalue weighted by Crippen LogP contribution is 2.34. The second kappa shape index (κ2) is 7.50. The van der Waals surface area contributed by atoms with E-state index in [1.165, 1.54) is 27.1 Å². The molecule has 6 nitrogen and oxygen atoms in total. The van der Waals surface area contributed by atoms with Crippen LogP contribution < -0.4 is 4.90 Å². The first-order valence-electron chi connectivity index (χ1n) is 10.8. The molecule has 4 heterocycles. The molecule has 156 valence electrons. The number of hydrogen-bond donors (Lipinski definition) is 1. The molecule has 1 aliphatic heterocycles. The minimum Gasteiger partial charge on any atom is -0.361 e. The lowest BCUT2D eigenvalue weighted by Crippen LogP contribution is -2.36. The fourth-order valence-electron chi connectivity index (χ4n) is 4.65. The summed E-state index contributed by atoms with van der Waals surface area (Å²) in [5.41, 5.74) is 3.53. The van der Waals surface area contributed by atoms with Gasteiger partial charge >= 0.3 is 0 Å². The highest BCUT2D eigenvalue weighted by atomic mass is 32.1. The van der Waals surface area contributed by atoms with E-state index in [0.29, 0.717) is 5.92 Å². The van der Waals surface area contributed by atoms with E-state index in [9.17, 15) is 0 Å². The van der Waals surface area contributed by atoms with Crippen LogP contribution in [0.3, 0.4) is 0 Å². The summed E-state index contributed by atoms with van der Waals surface area (Å²) < 4.78 is 3.43. The smallest absolute Gasteiger partial charge is 0.226 e. The van der Waals surface area contributed by atoms with Crippen LogP contribution in [0, 0.1) is 0 Å². The quantitative estimate of drug-likeness (QED) is 0.443. The first-order valence-corrected chi connectivity index (χ1v) is 11.6. The van der Waals surface area contributed by atoms with Gasteiger partial charge < -0.3 is 14.5 Å². The van der Waals surface area contributed by atoms with E-state index in [0.717, 1.165) is 48.7 Å². The summed E-state index contributed by atoms with van der Waals surface area (Å²) in [4.78, 5) is 10.7. The molecule has 0 bridgehead atoms. The summed E-state index contributed by atoms with van der Waals surface area (Å²) >= 11 is 1.83. The minimum absolute atomic E-state index is 0.444. The fraction of sp³-hybridized carbons (Fsp3) is 0.292. The summed E-state index contributed by atoms with van der Waals surface area (Å²) in [6.45, 7) is 1.96. The number of benzene rings is 2. The molecule has 0 radical (unpaired) electrons. The lowest BCUT2D eigenvalue weighted by molar-refractivity contribution is 0.498. The second-order valence-electron chi connectivity index (χ2n) is 8.32. The average Bonchev–Trinajstić information content (AvgIpc) is 3.52. The van der Waals surface area contributed by atoms with Gasteiger partial charge in [0.25, 0.3) is 0 Å². The molecule has 0 saturated carbocycles. The van der Waals surface area contributed by atoms with E-state index in [4.69, 9.17) is 4.98 Å². The van der Waals surface area contributed by atoms with Gasteiger partial charge in [0.2, 0.25) is 5.95 Å². The van der Waals surface area contributed by atoms with Crippen molar-refractivity contribution in [1.29, 1.82) is 0 Å². The SMILES string of the molecule is Cn1c(Cc2c[nH]c3ccccc23)nnc1N1CCCC(c2nc3ccccc3s2)C1. The minimum atomic E-state index is 0.444. The normalized spacial score (nSPS) is 17.1. The standard InChI is InChI=1S/C24H24N6S/c1-29-22(13-17-14-25-19-9-3-2-8-18(17)19)27-28-24(29)30-12-6-7-16(15-30)23-26-20-10-4-5-11-21(20)31-23/h2-5,8-11,14,16,25H,6-7,12-13,15H2,1H3. The Kier molecular flexibility index (Phi) is 4.49. The van der Waals surface area contributed by atoms with Crippen LogP contribution >= 0.6 is 11.3 Å². The van der Waals surface area contributed by atoms with Crippen molar-refractivity contribution in [2.75, 3.05) is 18.0 Å². The Labute approximate surface area is 184 Å². The molecule has 1 unspecified atom stereocenters. The number of rotatable bonds is 4. The van der Waals surface area contributed by atoms with Gasteiger partial charge in [0.1, 0.15) is 5.82 Å². The van der Waals surface area contributed by atoms with Crippen molar-refractivity contribution in [3.05, 3.63) is 71.1 Å². The summed E-state index contributed by atoms with van der Waals surface area (Å²) in [7, 11) is 2.08. The first-order chi connectivity index (χ1) is 15.3. The van der Waals surface area contributed by atoms with Crippen molar-refractivity contribution in [2.24, 2.45) is 7.05 Å². The molecule has 3 aromatic heterocycles. The van der Waals surface area contributed by atoms with E-state index >= 15 is 0 Å². The molecule has 0 amide bonds. The van der Waals surface area contributed by atoms with E-state index in [-0.39, 0.29) is 0 Å². The Morgan fingerprint density at radius 3 is 2.90 bits per heavy atom. The van der Waals surface area contributed by atoms with E-state index in [1.807, 2.05) is 11.3 Å². The van der Waals surface area contributed by atoms with Crippen LogP contribution in [-0.4, -0.2) is 37.8 Å². The number of hydrogen-bond acceptors (Lipinski definition) is 5. The van der Waals surface area contributed by atoms with Crippen molar-refractivity contribution in [3.8, 4) is 0 Å². The summed E-state index contributed by atoms with van der Waals surface area (Å²) in [6.07, 6.45) is 5.17. The highest BCUT2D eigenvalue weighted by Gasteiger charge is 2.27. The van der Waals surface area contributed by atoms with Crippen LogP contribution in [0.2, 0.25) is 0 Å². The lowest BCUT2D eigenvalue weighted by Gasteiger charge is -2.32. The predicted molar refractivity (Wildman–Crippen MR) is 126 cm³/mol. The van der Waals surface area contributed by atoms with Gasteiger partial charge in [-0.25, -0.2) is 4.98 Å². The third kappa shape index (κ3) is 3.29. The number of anilines is 1. The molecule has 1 saturated heterocycles. The molecule has 7 heteroatoms. The zero-order valence-electron chi connectivity index (χ0n) is 17.5. The summed E-state index contributed by atoms with van der Waals surface area (Å²) in [5.74, 6) is 2.39. The number of aromatic nitrogens is 5. The molecule has 1 aliphatic rings. The van der Waals surface area contributed by atoms with Crippen molar-refractivity contribution in [1.82, 2.24) is 24.7 Å². The average molecular weight is 429 g/mol. The van der Waals surface area contributed by atoms with Crippen LogP contribution in [0.1, 0.15) is 35.2 Å². The maximum Gasteiger partial charge on any atom is 0.226 e. The molecular formula is C24H24N6S. The van der Waals surface area contributed by atoms with Crippen molar-refractivity contribution in [3.63, 3.8) is 0 Å². The molecule has 1 atom stereocenters. The molecule has 0 aliphatic carbocycles. The van der Waals surface area contributed by atoms with Gasteiger partial charge in [0.15, 0.2) is 0 Å². The highest BCUT2D eigenvalue weighted by molar-refractivity contribution is 7.18. The van der Waals surface area contributed by atoms with Crippen LogP contribution in [0.4, 0.5) is 5.95 Å². The third-order valence-electron chi connectivity index (χ3n) is 6.33. The van der Waals surface area contributed by atoms with Crippen LogP contribution in [0.15, 0.2) is 54.7 Å². The van der Waals surface area contributed by atoms with Gasteiger partial charge in [-0.3, -0.25) is 0 Å². The molecule has 5 aromatic rings. The van der Waals surface area contributed by atoms with Crippen molar-refractivity contribution in [2.45, 2.75) is 25.2 Å². The number of nitrogens with one attached hydrogen (secondary N) is 1. The van der Waals surface area contributed by atoms with E-state index in [2.05, 4.69) is 86.4 Å². The number of aromatic amines is 1. The van der Waals surface area contributed by atoms with Gasteiger partial charge in [-0.1, -0.05) is 30.3 Å². The monoisotopic (exact) mass is 428 g/mol. The Morgan fingerprint density at radius 2 is 1.97 bits per heavy atom. The van der Waals surface area contributed by atoms with Gasteiger partial charge in [0.05, 0.1) is 15.2 Å². The maximum atomic E-state index is 4.92. The Bertz CT molecular complexity index is 1330. The van der Waals surface area contributed by atoms with Crippen molar-refractivity contribution < 1.29 is 0 Å². The number of thiazole rings is 1. The Balaban J connectivity index is 1.24. The molecule has 6 rings (SSSR count). The molecule has 1 N–H and O–H groups in total. The molecular weight excluding hydrogens is 404 g/mol. The number of fused-ring (bicyclic) bond motifs is 2. The third-order valence-corrected chi connectivity index (χ3v) is 7.53. The summed E-state index contributed by atoms with van der Waals surface area (Å²) in [5, 5.41) is 11.6. The molecule has 0 spiro atoms. The van der Waals surface area contributed by atoms with Gasteiger partial charge in [-0.15, -0.1) is 21.5 Å². The van der Waals surface area contributed by atoms with E-state index < -0.39 is 0 Å². The number of piperidine rings is 1. The number of nitrogens with zero attached hydrogens (tertiary/aromatic N) is 5. The molecule has 1 fully saturated rings. The zero-order chi connectivity index (χ0) is 20.8. The Morgan fingerprint density at radius 1 is 1.10 bits per heavy atom. The zero-order valence-corrected chi connectivity index (χ0v) is 18.3. The second-order valence-corrected chi connectivity index (χ2v) is 9.38. The molecule has 31 heavy (non-hydrogen) atoms.